The van der Waals surface area contributed by atoms with Crippen LogP contribution in [0, 0.1) is 6.92 Å². The molecule has 150 valence electrons. The van der Waals surface area contributed by atoms with Crippen molar-refractivity contribution in [1.29, 1.82) is 0 Å². The Kier molecular flexibility index (Phi) is 5.85. The number of phenolic OH excluding ortho intramolecular Hbond substituents is 1. The van der Waals surface area contributed by atoms with E-state index in [1.165, 1.54) is 6.07 Å². The number of carbonyl (C=O) groups excluding carboxylic acids is 1. The molecular formula is C24H25ClN2O2. The van der Waals surface area contributed by atoms with Crippen molar-refractivity contribution in [2.45, 2.75) is 32.2 Å². The number of anilines is 1. The van der Waals surface area contributed by atoms with Gasteiger partial charge >= 0.3 is 0 Å². The van der Waals surface area contributed by atoms with E-state index in [1.54, 1.807) is 12.1 Å². The topological polar surface area (TPSA) is 75.3 Å². The minimum atomic E-state index is -0.852. The molecule has 3 rings (SSSR count). The molecule has 1 unspecified atom stereocenters. The van der Waals surface area contributed by atoms with Crippen molar-refractivity contribution >= 4 is 23.2 Å². The van der Waals surface area contributed by atoms with Gasteiger partial charge in [-0.3, -0.25) is 4.79 Å². The fourth-order valence-corrected chi connectivity index (χ4v) is 3.56. The number of aryl methyl sites for hydroxylation is 1. The van der Waals surface area contributed by atoms with Gasteiger partial charge in [-0.15, -0.1) is 0 Å². The summed E-state index contributed by atoms with van der Waals surface area (Å²) in [6.45, 7) is 5.66. The molecular weight excluding hydrogens is 384 g/mol. The number of amides is 1. The SMILES string of the molecule is Cc1cc(Cl)ccc1C(NC(=O)C(C)(C)c1ccc(O)c(N)c1)c1ccccc1. The molecule has 0 aliphatic rings. The molecule has 3 aromatic rings. The van der Waals surface area contributed by atoms with Gasteiger partial charge in [0.15, 0.2) is 0 Å². The molecule has 1 atom stereocenters. The Morgan fingerprint density at radius 1 is 1.07 bits per heavy atom. The first-order valence-corrected chi connectivity index (χ1v) is 9.79. The molecule has 1 amide bonds. The van der Waals surface area contributed by atoms with Gasteiger partial charge in [-0.05, 0) is 67.3 Å². The van der Waals surface area contributed by atoms with Crippen LogP contribution < -0.4 is 11.1 Å². The average molecular weight is 409 g/mol. The standard InChI is InChI=1S/C24H25ClN2O2/c1-15-13-18(25)10-11-19(15)22(16-7-5-4-6-8-16)27-23(29)24(2,3)17-9-12-21(28)20(26)14-17/h4-14,22,28H,26H2,1-3H3,(H,27,29). The lowest BCUT2D eigenvalue weighted by Gasteiger charge is -2.29. The highest BCUT2D eigenvalue weighted by Crippen LogP contribution is 2.32. The second-order valence-corrected chi connectivity index (χ2v) is 8.15. The third kappa shape index (κ3) is 4.38. The van der Waals surface area contributed by atoms with Crippen molar-refractivity contribution in [3.63, 3.8) is 0 Å². The summed E-state index contributed by atoms with van der Waals surface area (Å²) in [7, 11) is 0. The maximum atomic E-state index is 13.4. The lowest BCUT2D eigenvalue weighted by molar-refractivity contribution is -0.126. The van der Waals surface area contributed by atoms with E-state index in [4.69, 9.17) is 17.3 Å². The van der Waals surface area contributed by atoms with Gasteiger partial charge < -0.3 is 16.2 Å². The number of nitrogens with two attached hydrogens (primary N) is 1. The fourth-order valence-electron chi connectivity index (χ4n) is 3.34. The number of aromatic hydroxyl groups is 1. The van der Waals surface area contributed by atoms with Crippen LogP contribution in [0.2, 0.25) is 5.02 Å². The van der Waals surface area contributed by atoms with E-state index < -0.39 is 5.41 Å². The number of nitrogen functional groups attached to an aromatic ring is 1. The van der Waals surface area contributed by atoms with Crippen LogP contribution >= 0.6 is 11.6 Å². The highest BCUT2D eigenvalue weighted by atomic mass is 35.5. The van der Waals surface area contributed by atoms with Crippen LogP contribution in [0.1, 0.15) is 42.1 Å². The van der Waals surface area contributed by atoms with Crippen LogP contribution in [0.15, 0.2) is 66.7 Å². The van der Waals surface area contributed by atoms with Gasteiger partial charge in [0.25, 0.3) is 0 Å². The third-order valence-corrected chi connectivity index (χ3v) is 5.50. The maximum Gasteiger partial charge on any atom is 0.230 e. The van der Waals surface area contributed by atoms with Crippen molar-refractivity contribution in [1.82, 2.24) is 5.32 Å². The minimum Gasteiger partial charge on any atom is -0.506 e. The molecule has 29 heavy (non-hydrogen) atoms. The van der Waals surface area contributed by atoms with E-state index in [9.17, 15) is 9.90 Å². The van der Waals surface area contributed by atoms with Crippen molar-refractivity contribution in [2.75, 3.05) is 5.73 Å². The summed E-state index contributed by atoms with van der Waals surface area (Å²) in [5.74, 6) is -0.144. The number of hydrogen-bond donors (Lipinski definition) is 3. The fraction of sp³-hybridized carbons (Fsp3) is 0.208. The molecule has 4 nitrogen and oxygen atoms in total. The summed E-state index contributed by atoms with van der Waals surface area (Å²) in [5.41, 5.74) is 8.92. The Bertz CT molecular complexity index is 1030. The lowest BCUT2D eigenvalue weighted by Crippen LogP contribution is -2.42. The third-order valence-electron chi connectivity index (χ3n) is 5.27. The van der Waals surface area contributed by atoms with Crippen molar-refractivity contribution in [3.05, 3.63) is 94.0 Å². The van der Waals surface area contributed by atoms with Crippen LogP contribution in [0.4, 0.5) is 5.69 Å². The summed E-state index contributed by atoms with van der Waals surface area (Å²) in [4.78, 5) is 13.4. The monoisotopic (exact) mass is 408 g/mol. The molecule has 0 fully saturated rings. The molecule has 4 N–H and O–H groups in total. The first-order chi connectivity index (χ1) is 13.7. The number of halogens is 1. The second kappa shape index (κ2) is 8.18. The van der Waals surface area contributed by atoms with E-state index >= 15 is 0 Å². The van der Waals surface area contributed by atoms with E-state index in [0.29, 0.717) is 5.02 Å². The van der Waals surface area contributed by atoms with Crippen LogP contribution in [-0.4, -0.2) is 11.0 Å². The Labute approximate surface area is 176 Å². The van der Waals surface area contributed by atoms with Crippen LogP contribution in [0.3, 0.4) is 0 Å². The van der Waals surface area contributed by atoms with Crippen molar-refractivity contribution in [3.8, 4) is 5.75 Å². The van der Waals surface area contributed by atoms with Gasteiger partial charge in [-0.25, -0.2) is 0 Å². The molecule has 0 saturated carbocycles. The lowest BCUT2D eigenvalue weighted by atomic mass is 9.82. The maximum absolute atomic E-state index is 13.4. The number of nitrogens with one attached hydrogen (secondary N) is 1. The molecule has 0 aromatic heterocycles. The van der Waals surface area contributed by atoms with Gasteiger partial charge in [0.05, 0.1) is 17.1 Å². The first kappa shape index (κ1) is 20.7. The number of rotatable bonds is 5. The van der Waals surface area contributed by atoms with E-state index in [0.717, 1.165) is 22.3 Å². The minimum absolute atomic E-state index is 0.00362. The molecule has 0 bridgehead atoms. The number of phenols is 1. The molecule has 3 aromatic carbocycles. The van der Waals surface area contributed by atoms with Crippen LogP contribution in [-0.2, 0) is 10.2 Å². The molecule has 0 aliphatic carbocycles. The van der Waals surface area contributed by atoms with Gasteiger partial charge in [-0.2, -0.15) is 0 Å². The average Bonchev–Trinajstić information content (AvgIpc) is 2.69. The Morgan fingerprint density at radius 2 is 1.76 bits per heavy atom. The second-order valence-electron chi connectivity index (χ2n) is 7.72. The van der Waals surface area contributed by atoms with Gasteiger partial charge in [0, 0.05) is 5.02 Å². The van der Waals surface area contributed by atoms with Crippen LogP contribution in [0.25, 0.3) is 0 Å². The summed E-state index contributed by atoms with van der Waals surface area (Å²) in [5, 5.41) is 13.6. The van der Waals surface area contributed by atoms with Crippen molar-refractivity contribution in [2.24, 2.45) is 0 Å². The van der Waals surface area contributed by atoms with Gasteiger partial charge in [-0.1, -0.05) is 54.1 Å². The Hall–Kier alpha value is -2.98. The molecule has 0 radical (unpaired) electrons. The molecule has 5 heteroatoms. The summed E-state index contributed by atoms with van der Waals surface area (Å²) in [6.07, 6.45) is 0. The number of carbonyl (C=O) groups is 1. The van der Waals surface area contributed by atoms with Gasteiger partial charge in [0.1, 0.15) is 5.75 Å². The zero-order valence-corrected chi connectivity index (χ0v) is 17.5. The van der Waals surface area contributed by atoms with E-state index in [2.05, 4.69) is 5.32 Å². The molecule has 0 heterocycles. The smallest absolute Gasteiger partial charge is 0.230 e. The first-order valence-electron chi connectivity index (χ1n) is 9.41. The molecule has 0 spiro atoms. The van der Waals surface area contributed by atoms with E-state index in [1.807, 2.05) is 69.3 Å². The highest BCUT2D eigenvalue weighted by Gasteiger charge is 2.32. The molecule has 0 saturated heterocycles. The van der Waals surface area contributed by atoms with Gasteiger partial charge in [0.2, 0.25) is 5.91 Å². The summed E-state index contributed by atoms with van der Waals surface area (Å²) < 4.78 is 0. The largest absolute Gasteiger partial charge is 0.506 e. The predicted octanol–water partition coefficient (Wildman–Crippen LogP) is 5.12. The Balaban J connectivity index is 1.99. The quantitative estimate of drug-likeness (QED) is 0.405. The predicted molar refractivity (Wildman–Crippen MR) is 118 cm³/mol. The van der Waals surface area contributed by atoms with E-state index in [-0.39, 0.29) is 23.4 Å². The number of benzene rings is 3. The normalized spacial score (nSPS) is 12.4. The number of hydrogen-bond acceptors (Lipinski definition) is 3. The summed E-state index contributed by atoms with van der Waals surface area (Å²) >= 11 is 6.13. The summed E-state index contributed by atoms with van der Waals surface area (Å²) in [6, 6.07) is 20.0. The molecule has 0 aliphatic heterocycles. The Morgan fingerprint density at radius 3 is 2.38 bits per heavy atom. The highest BCUT2D eigenvalue weighted by molar-refractivity contribution is 6.30. The zero-order valence-electron chi connectivity index (χ0n) is 16.7. The van der Waals surface area contributed by atoms with Crippen LogP contribution in [0.5, 0.6) is 5.75 Å². The zero-order chi connectivity index (χ0) is 21.2. The van der Waals surface area contributed by atoms with Crippen molar-refractivity contribution < 1.29 is 9.90 Å².